The largest absolute Gasteiger partial charge is 0.317 e. The van der Waals surface area contributed by atoms with E-state index < -0.39 is 0 Å². The molecule has 2 nitrogen and oxygen atoms in total. The highest BCUT2D eigenvalue weighted by Gasteiger charge is 2.23. The summed E-state index contributed by atoms with van der Waals surface area (Å²) in [5, 5.41) is 3.46. The SMILES string of the molecule is CC1(C)CCCN(CCC2CCNCC2)CC1. The summed E-state index contributed by atoms with van der Waals surface area (Å²) in [6.07, 6.45) is 8.44. The molecule has 2 aliphatic rings. The summed E-state index contributed by atoms with van der Waals surface area (Å²) in [5.41, 5.74) is 0.587. The summed E-state index contributed by atoms with van der Waals surface area (Å²) in [5.74, 6) is 0.993. The van der Waals surface area contributed by atoms with Gasteiger partial charge in [0.1, 0.15) is 0 Å². The minimum Gasteiger partial charge on any atom is -0.317 e. The molecule has 1 N–H and O–H groups in total. The monoisotopic (exact) mass is 238 g/mol. The molecule has 0 aromatic heterocycles. The molecule has 17 heavy (non-hydrogen) atoms. The molecule has 2 rings (SSSR count). The van der Waals surface area contributed by atoms with E-state index in [9.17, 15) is 0 Å². The van der Waals surface area contributed by atoms with Crippen molar-refractivity contribution >= 4 is 0 Å². The average Bonchev–Trinajstić information content (AvgIpc) is 2.49. The van der Waals surface area contributed by atoms with Crippen molar-refractivity contribution < 1.29 is 0 Å². The lowest BCUT2D eigenvalue weighted by Gasteiger charge is -2.27. The van der Waals surface area contributed by atoms with Gasteiger partial charge in [-0.2, -0.15) is 0 Å². The molecule has 0 aliphatic carbocycles. The number of hydrogen-bond donors (Lipinski definition) is 1. The zero-order chi connectivity index (χ0) is 12.1. The fraction of sp³-hybridized carbons (Fsp3) is 1.00. The van der Waals surface area contributed by atoms with Gasteiger partial charge in [-0.05, 0) is 82.6 Å². The molecule has 100 valence electrons. The predicted octanol–water partition coefficient (Wildman–Crippen LogP) is 2.89. The molecule has 0 radical (unpaired) electrons. The van der Waals surface area contributed by atoms with E-state index in [-0.39, 0.29) is 0 Å². The second-order valence-corrected chi connectivity index (χ2v) is 6.84. The first-order chi connectivity index (χ1) is 8.16. The Bertz CT molecular complexity index is 219. The second-order valence-electron chi connectivity index (χ2n) is 6.84. The summed E-state index contributed by atoms with van der Waals surface area (Å²) < 4.78 is 0. The summed E-state index contributed by atoms with van der Waals surface area (Å²) in [7, 11) is 0. The topological polar surface area (TPSA) is 15.3 Å². The Morgan fingerprint density at radius 2 is 1.88 bits per heavy atom. The van der Waals surface area contributed by atoms with Gasteiger partial charge in [-0.15, -0.1) is 0 Å². The summed E-state index contributed by atoms with van der Waals surface area (Å²) in [6, 6.07) is 0. The van der Waals surface area contributed by atoms with Crippen LogP contribution in [0.25, 0.3) is 0 Å². The van der Waals surface area contributed by atoms with E-state index >= 15 is 0 Å². The first kappa shape index (κ1) is 13.4. The predicted molar refractivity (Wildman–Crippen MR) is 74.3 cm³/mol. The van der Waals surface area contributed by atoms with E-state index in [1.807, 2.05) is 0 Å². The minimum absolute atomic E-state index is 0.587. The maximum Gasteiger partial charge on any atom is -0.00136 e. The molecule has 2 heteroatoms. The molecule has 0 saturated carbocycles. The van der Waals surface area contributed by atoms with Crippen LogP contribution in [-0.2, 0) is 0 Å². The fourth-order valence-electron chi connectivity index (χ4n) is 3.24. The third-order valence-electron chi connectivity index (χ3n) is 4.75. The van der Waals surface area contributed by atoms with Gasteiger partial charge in [0.25, 0.3) is 0 Å². The summed E-state index contributed by atoms with van der Waals surface area (Å²) in [6.45, 7) is 11.4. The van der Waals surface area contributed by atoms with Crippen LogP contribution in [0.3, 0.4) is 0 Å². The molecule has 2 fully saturated rings. The molecule has 0 aromatic rings. The highest BCUT2D eigenvalue weighted by Crippen LogP contribution is 2.30. The Kier molecular flexibility index (Phi) is 4.87. The van der Waals surface area contributed by atoms with E-state index in [0.717, 1.165) is 5.92 Å². The van der Waals surface area contributed by atoms with Crippen molar-refractivity contribution in [1.82, 2.24) is 10.2 Å². The number of nitrogens with zero attached hydrogens (tertiary/aromatic N) is 1. The molecule has 0 unspecified atom stereocenters. The molecule has 0 amide bonds. The van der Waals surface area contributed by atoms with Crippen LogP contribution in [0.2, 0.25) is 0 Å². The molecule has 0 spiro atoms. The Labute approximate surface area is 107 Å². The molecular weight excluding hydrogens is 208 g/mol. The summed E-state index contributed by atoms with van der Waals surface area (Å²) >= 11 is 0. The van der Waals surface area contributed by atoms with Crippen LogP contribution in [0.1, 0.15) is 52.4 Å². The number of piperidine rings is 1. The third-order valence-corrected chi connectivity index (χ3v) is 4.75. The first-order valence-electron chi connectivity index (χ1n) is 7.59. The molecule has 0 bridgehead atoms. The van der Waals surface area contributed by atoms with Gasteiger partial charge in [0, 0.05) is 0 Å². The molecule has 2 heterocycles. The zero-order valence-corrected chi connectivity index (χ0v) is 11.8. The Hall–Kier alpha value is -0.0800. The van der Waals surface area contributed by atoms with Crippen molar-refractivity contribution in [2.24, 2.45) is 11.3 Å². The maximum atomic E-state index is 3.46. The molecule has 0 aromatic carbocycles. The van der Waals surface area contributed by atoms with Crippen molar-refractivity contribution in [2.45, 2.75) is 52.4 Å². The third kappa shape index (κ3) is 4.59. The van der Waals surface area contributed by atoms with E-state index in [1.54, 1.807) is 0 Å². The first-order valence-corrected chi connectivity index (χ1v) is 7.59. The lowest BCUT2D eigenvalue weighted by Crippen LogP contribution is -2.32. The van der Waals surface area contributed by atoms with Gasteiger partial charge in [-0.1, -0.05) is 13.8 Å². The normalized spacial score (nSPS) is 27.9. The van der Waals surface area contributed by atoms with Crippen LogP contribution in [-0.4, -0.2) is 37.6 Å². The Balaban J connectivity index is 1.68. The molecule has 0 atom stereocenters. The minimum atomic E-state index is 0.587. The van der Waals surface area contributed by atoms with Crippen LogP contribution < -0.4 is 5.32 Å². The molecule has 2 aliphatic heterocycles. The van der Waals surface area contributed by atoms with Crippen LogP contribution in [0, 0.1) is 11.3 Å². The van der Waals surface area contributed by atoms with Gasteiger partial charge in [0.05, 0.1) is 0 Å². The van der Waals surface area contributed by atoms with Crippen molar-refractivity contribution in [2.75, 3.05) is 32.7 Å². The fourth-order valence-corrected chi connectivity index (χ4v) is 3.24. The van der Waals surface area contributed by atoms with Gasteiger partial charge in [-0.3, -0.25) is 0 Å². The summed E-state index contributed by atoms with van der Waals surface area (Å²) in [4.78, 5) is 2.72. The number of hydrogen-bond acceptors (Lipinski definition) is 2. The standard InChI is InChI=1S/C15H30N2/c1-15(2)7-3-11-17(13-8-15)12-6-14-4-9-16-10-5-14/h14,16H,3-13H2,1-2H3. The van der Waals surface area contributed by atoms with Gasteiger partial charge in [0.15, 0.2) is 0 Å². The van der Waals surface area contributed by atoms with Crippen molar-refractivity contribution in [3.8, 4) is 0 Å². The zero-order valence-electron chi connectivity index (χ0n) is 11.8. The van der Waals surface area contributed by atoms with Gasteiger partial charge in [0.2, 0.25) is 0 Å². The number of likely N-dealkylation sites (tertiary alicyclic amines) is 1. The van der Waals surface area contributed by atoms with Crippen LogP contribution in [0.5, 0.6) is 0 Å². The lowest BCUT2D eigenvalue weighted by molar-refractivity contribution is 0.231. The van der Waals surface area contributed by atoms with E-state index in [0.29, 0.717) is 5.41 Å². The molecular formula is C15H30N2. The van der Waals surface area contributed by atoms with E-state index in [1.165, 1.54) is 71.2 Å². The highest BCUT2D eigenvalue weighted by atomic mass is 15.1. The van der Waals surface area contributed by atoms with Crippen molar-refractivity contribution in [1.29, 1.82) is 0 Å². The van der Waals surface area contributed by atoms with Crippen molar-refractivity contribution in [3.05, 3.63) is 0 Å². The lowest BCUT2D eigenvalue weighted by atomic mass is 9.85. The quantitative estimate of drug-likeness (QED) is 0.813. The Morgan fingerprint density at radius 3 is 2.65 bits per heavy atom. The van der Waals surface area contributed by atoms with Gasteiger partial charge >= 0.3 is 0 Å². The number of nitrogens with one attached hydrogen (secondary N) is 1. The second kappa shape index (κ2) is 6.19. The van der Waals surface area contributed by atoms with Crippen LogP contribution in [0.4, 0.5) is 0 Å². The smallest absolute Gasteiger partial charge is 0.00136 e. The maximum absolute atomic E-state index is 3.46. The molecule has 2 saturated heterocycles. The average molecular weight is 238 g/mol. The van der Waals surface area contributed by atoms with Crippen LogP contribution in [0.15, 0.2) is 0 Å². The Morgan fingerprint density at radius 1 is 1.12 bits per heavy atom. The number of rotatable bonds is 3. The van der Waals surface area contributed by atoms with Gasteiger partial charge in [-0.25, -0.2) is 0 Å². The highest BCUT2D eigenvalue weighted by molar-refractivity contribution is 4.77. The van der Waals surface area contributed by atoms with Crippen LogP contribution >= 0.6 is 0 Å². The van der Waals surface area contributed by atoms with Crippen molar-refractivity contribution in [3.63, 3.8) is 0 Å². The van der Waals surface area contributed by atoms with E-state index in [2.05, 4.69) is 24.1 Å². The van der Waals surface area contributed by atoms with Gasteiger partial charge < -0.3 is 10.2 Å². The van der Waals surface area contributed by atoms with E-state index in [4.69, 9.17) is 0 Å².